The molecule has 4 aromatic rings. The number of fused-ring (bicyclic) bond motifs is 1. The summed E-state index contributed by atoms with van der Waals surface area (Å²) in [6, 6.07) is 9.58. The monoisotopic (exact) mass is 334 g/mol. The molecule has 2 N–H and O–H groups in total. The van der Waals surface area contributed by atoms with Crippen molar-refractivity contribution in [1.29, 1.82) is 0 Å². The van der Waals surface area contributed by atoms with Gasteiger partial charge in [0.15, 0.2) is 0 Å². The van der Waals surface area contributed by atoms with E-state index in [1.165, 1.54) is 0 Å². The zero-order valence-electron chi connectivity index (χ0n) is 12.7. The maximum atomic E-state index is 12.4. The molecular weight excluding hydrogens is 320 g/mol. The minimum atomic E-state index is -0.131. The fourth-order valence-electron chi connectivity index (χ4n) is 2.59. The summed E-state index contributed by atoms with van der Waals surface area (Å²) in [5.41, 5.74) is 4.14. The number of carbonyl (C=O) groups is 1. The lowest BCUT2D eigenvalue weighted by Crippen LogP contribution is -2.23. The highest BCUT2D eigenvalue weighted by Crippen LogP contribution is 2.22. The number of carbonyl (C=O) groups excluding carboxylic acids is 1. The standard InChI is InChI=1S/C18H14N4OS/c23-18(13-2-1-12-3-5-19-15(12)9-13)22-10-16-17(21-7-6-20-16)14-4-8-24-11-14/h1-9,11,19H,10H2,(H,22,23). The number of aromatic nitrogens is 3. The highest BCUT2D eigenvalue weighted by molar-refractivity contribution is 7.08. The first kappa shape index (κ1) is 14.6. The number of H-pyrrole nitrogens is 1. The van der Waals surface area contributed by atoms with E-state index in [1.807, 2.05) is 47.3 Å². The van der Waals surface area contributed by atoms with E-state index < -0.39 is 0 Å². The Balaban J connectivity index is 1.53. The molecule has 24 heavy (non-hydrogen) atoms. The Morgan fingerprint density at radius 1 is 1.17 bits per heavy atom. The van der Waals surface area contributed by atoms with Crippen LogP contribution in [0.5, 0.6) is 0 Å². The Hall–Kier alpha value is -2.99. The minimum absolute atomic E-state index is 0.131. The Kier molecular flexibility index (Phi) is 3.80. The van der Waals surface area contributed by atoms with Crippen LogP contribution in [-0.2, 0) is 6.54 Å². The van der Waals surface area contributed by atoms with Crippen LogP contribution in [0.15, 0.2) is 59.7 Å². The molecule has 3 aromatic heterocycles. The molecule has 0 atom stereocenters. The number of aromatic amines is 1. The van der Waals surface area contributed by atoms with Gasteiger partial charge in [-0.2, -0.15) is 11.3 Å². The van der Waals surface area contributed by atoms with Crippen LogP contribution in [0.3, 0.4) is 0 Å². The summed E-state index contributed by atoms with van der Waals surface area (Å²) in [4.78, 5) is 24.3. The molecular formula is C18H14N4OS. The molecule has 5 nitrogen and oxygen atoms in total. The van der Waals surface area contributed by atoms with E-state index in [0.717, 1.165) is 27.9 Å². The normalized spacial score (nSPS) is 10.8. The van der Waals surface area contributed by atoms with E-state index in [9.17, 15) is 4.79 Å². The van der Waals surface area contributed by atoms with Gasteiger partial charge in [0, 0.05) is 40.6 Å². The number of hydrogen-bond acceptors (Lipinski definition) is 4. The summed E-state index contributed by atoms with van der Waals surface area (Å²) in [6.45, 7) is 0.334. The van der Waals surface area contributed by atoms with Crippen molar-refractivity contribution in [3.63, 3.8) is 0 Å². The van der Waals surface area contributed by atoms with E-state index in [1.54, 1.807) is 23.7 Å². The zero-order valence-corrected chi connectivity index (χ0v) is 13.5. The Labute approximate surface area is 142 Å². The van der Waals surface area contributed by atoms with Crippen LogP contribution in [0.2, 0.25) is 0 Å². The molecule has 3 heterocycles. The summed E-state index contributed by atoms with van der Waals surface area (Å²) in [5.74, 6) is -0.131. The zero-order chi connectivity index (χ0) is 16.4. The van der Waals surface area contributed by atoms with Crippen LogP contribution >= 0.6 is 11.3 Å². The van der Waals surface area contributed by atoms with Crippen molar-refractivity contribution in [3.05, 3.63) is 70.9 Å². The number of nitrogens with zero attached hydrogens (tertiary/aromatic N) is 2. The van der Waals surface area contributed by atoms with E-state index in [2.05, 4.69) is 20.3 Å². The molecule has 0 aliphatic heterocycles. The topological polar surface area (TPSA) is 70.7 Å². The highest BCUT2D eigenvalue weighted by atomic mass is 32.1. The van der Waals surface area contributed by atoms with Crippen LogP contribution in [-0.4, -0.2) is 20.9 Å². The average Bonchev–Trinajstić information content (AvgIpc) is 3.30. The number of amides is 1. The number of benzene rings is 1. The lowest BCUT2D eigenvalue weighted by atomic mass is 10.1. The molecule has 0 aliphatic rings. The average molecular weight is 334 g/mol. The van der Waals surface area contributed by atoms with Gasteiger partial charge in [0.1, 0.15) is 0 Å². The van der Waals surface area contributed by atoms with Gasteiger partial charge in [0.05, 0.1) is 17.9 Å². The van der Waals surface area contributed by atoms with E-state index >= 15 is 0 Å². The van der Waals surface area contributed by atoms with Gasteiger partial charge >= 0.3 is 0 Å². The third-order valence-electron chi connectivity index (χ3n) is 3.80. The van der Waals surface area contributed by atoms with Crippen LogP contribution in [0.1, 0.15) is 16.1 Å². The second-order valence-electron chi connectivity index (χ2n) is 5.33. The Morgan fingerprint density at radius 2 is 2.08 bits per heavy atom. The fourth-order valence-corrected chi connectivity index (χ4v) is 3.23. The summed E-state index contributed by atoms with van der Waals surface area (Å²) < 4.78 is 0. The van der Waals surface area contributed by atoms with Crippen molar-refractivity contribution in [2.45, 2.75) is 6.54 Å². The van der Waals surface area contributed by atoms with Gasteiger partial charge in [-0.25, -0.2) is 0 Å². The predicted octanol–water partition coefficient (Wildman–Crippen LogP) is 3.62. The third-order valence-corrected chi connectivity index (χ3v) is 4.49. The molecule has 6 heteroatoms. The molecule has 0 saturated carbocycles. The van der Waals surface area contributed by atoms with Crippen LogP contribution in [0.25, 0.3) is 22.2 Å². The van der Waals surface area contributed by atoms with Gasteiger partial charge < -0.3 is 10.3 Å². The van der Waals surface area contributed by atoms with Crippen molar-refractivity contribution in [1.82, 2.24) is 20.3 Å². The quantitative estimate of drug-likeness (QED) is 0.599. The van der Waals surface area contributed by atoms with E-state index in [0.29, 0.717) is 12.1 Å². The molecule has 0 spiro atoms. The van der Waals surface area contributed by atoms with Crippen LogP contribution in [0, 0.1) is 0 Å². The van der Waals surface area contributed by atoms with Gasteiger partial charge in [0.2, 0.25) is 0 Å². The lowest BCUT2D eigenvalue weighted by Gasteiger charge is -2.08. The summed E-state index contributed by atoms with van der Waals surface area (Å²) in [5, 5.41) is 8.03. The summed E-state index contributed by atoms with van der Waals surface area (Å²) in [7, 11) is 0. The minimum Gasteiger partial charge on any atom is -0.361 e. The lowest BCUT2D eigenvalue weighted by molar-refractivity contribution is 0.0950. The predicted molar refractivity (Wildman–Crippen MR) is 94.8 cm³/mol. The SMILES string of the molecule is O=C(NCc1nccnc1-c1ccsc1)c1ccc2cc[nH]c2c1. The molecule has 0 saturated heterocycles. The van der Waals surface area contributed by atoms with Gasteiger partial charge in [-0.3, -0.25) is 14.8 Å². The van der Waals surface area contributed by atoms with Gasteiger partial charge in [0.25, 0.3) is 5.91 Å². The number of thiophene rings is 1. The Bertz CT molecular complexity index is 991. The van der Waals surface area contributed by atoms with Crippen molar-refractivity contribution < 1.29 is 4.79 Å². The maximum Gasteiger partial charge on any atom is 0.251 e. The summed E-state index contributed by atoms with van der Waals surface area (Å²) >= 11 is 1.61. The number of hydrogen-bond donors (Lipinski definition) is 2. The molecule has 1 amide bonds. The molecule has 0 aliphatic carbocycles. The van der Waals surface area contributed by atoms with Crippen molar-refractivity contribution in [2.75, 3.05) is 0 Å². The molecule has 118 valence electrons. The van der Waals surface area contributed by atoms with E-state index in [4.69, 9.17) is 0 Å². The fraction of sp³-hybridized carbons (Fsp3) is 0.0556. The molecule has 4 rings (SSSR count). The maximum absolute atomic E-state index is 12.4. The second-order valence-corrected chi connectivity index (χ2v) is 6.11. The van der Waals surface area contributed by atoms with E-state index in [-0.39, 0.29) is 5.91 Å². The van der Waals surface area contributed by atoms with Crippen molar-refractivity contribution in [2.24, 2.45) is 0 Å². The third kappa shape index (κ3) is 2.79. The van der Waals surface area contributed by atoms with Crippen LogP contribution in [0.4, 0.5) is 0 Å². The number of rotatable bonds is 4. The first-order valence-corrected chi connectivity index (χ1v) is 8.43. The molecule has 1 aromatic carbocycles. The molecule has 0 radical (unpaired) electrons. The first-order chi connectivity index (χ1) is 11.8. The van der Waals surface area contributed by atoms with Crippen molar-refractivity contribution in [3.8, 4) is 11.3 Å². The summed E-state index contributed by atoms with van der Waals surface area (Å²) in [6.07, 6.45) is 5.17. The first-order valence-electron chi connectivity index (χ1n) is 7.49. The second kappa shape index (κ2) is 6.25. The van der Waals surface area contributed by atoms with Gasteiger partial charge in [-0.05, 0) is 35.0 Å². The molecule has 0 bridgehead atoms. The molecule has 0 fully saturated rings. The highest BCUT2D eigenvalue weighted by Gasteiger charge is 2.11. The van der Waals surface area contributed by atoms with Gasteiger partial charge in [-0.15, -0.1) is 0 Å². The number of nitrogens with one attached hydrogen (secondary N) is 2. The van der Waals surface area contributed by atoms with Crippen molar-refractivity contribution >= 4 is 28.1 Å². The molecule has 0 unspecified atom stereocenters. The largest absolute Gasteiger partial charge is 0.361 e. The van der Waals surface area contributed by atoms with Gasteiger partial charge in [-0.1, -0.05) is 6.07 Å². The Morgan fingerprint density at radius 3 is 2.96 bits per heavy atom. The van der Waals surface area contributed by atoms with Crippen LogP contribution < -0.4 is 5.32 Å². The smallest absolute Gasteiger partial charge is 0.251 e.